The number of rotatable bonds is 7. The minimum atomic E-state index is -0.449. The Balaban J connectivity index is 1.64. The fraction of sp³-hybridized carbons (Fsp3) is 0.667. The second-order valence-electron chi connectivity index (χ2n) is 8.30. The molecule has 0 saturated carbocycles. The van der Waals surface area contributed by atoms with Gasteiger partial charge in [0.25, 0.3) is 0 Å². The van der Waals surface area contributed by atoms with Crippen molar-refractivity contribution >= 4 is 29.1 Å². The van der Waals surface area contributed by atoms with Crippen molar-refractivity contribution in [2.24, 2.45) is 5.92 Å². The van der Waals surface area contributed by atoms with Gasteiger partial charge in [-0.3, -0.25) is 0 Å². The van der Waals surface area contributed by atoms with Gasteiger partial charge < -0.3 is 25.4 Å². The third kappa shape index (κ3) is 7.06. The van der Waals surface area contributed by atoms with Crippen molar-refractivity contribution in [2.75, 3.05) is 43.9 Å². The molecule has 0 radical (unpaired) electrons. The van der Waals surface area contributed by atoms with Crippen molar-refractivity contribution in [2.45, 2.75) is 52.6 Å². The first-order valence-corrected chi connectivity index (χ1v) is 10.4. The molecule has 1 heterocycles. The lowest BCUT2D eigenvalue weighted by Gasteiger charge is -2.33. The summed E-state index contributed by atoms with van der Waals surface area (Å²) in [5.74, 6) is 0.478. The van der Waals surface area contributed by atoms with Gasteiger partial charge in [-0.15, -0.1) is 0 Å². The summed E-state index contributed by atoms with van der Waals surface area (Å²) in [6.07, 6.45) is 2.53. The maximum Gasteiger partial charge on any atom is 0.410 e. The molecule has 2 rings (SSSR count). The molecule has 0 spiro atoms. The number of nitrogens with zero attached hydrogens (tertiary/aromatic N) is 1. The minimum absolute atomic E-state index is 0.219. The first kappa shape index (κ1) is 22.6. The number of carbonyl (C=O) groups excluding carboxylic acids is 1. The predicted molar refractivity (Wildman–Crippen MR) is 115 cm³/mol. The third-order valence-electron chi connectivity index (χ3n) is 4.78. The first-order valence-electron chi connectivity index (χ1n) is 10.1. The number of carbonyl (C=O) groups is 1. The van der Waals surface area contributed by atoms with Crippen LogP contribution >= 0.6 is 11.6 Å². The largest absolute Gasteiger partial charge is 0.444 e. The molecule has 3 N–H and O–H groups in total. The third-order valence-corrected chi connectivity index (χ3v) is 5.13. The summed E-state index contributed by atoms with van der Waals surface area (Å²) >= 11 is 6.17. The number of hydrogen-bond donors (Lipinski definition) is 2. The molecule has 1 aromatic rings. The Bertz CT molecular complexity index is 653. The molecule has 0 aliphatic carbocycles. The van der Waals surface area contributed by atoms with Crippen molar-refractivity contribution in [1.82, 2.24) is 4.90 Å². The van der Waals surface area contributed by atoms with Crippen LogP contribution in [0.2, 0.25) is 5.02 Å². The highest BCUT2D eigenvalue weighted by atomic mass is 35.5. The Labute approximate surface area is 173 Å². The first-order chi connectivity index (χ1) is 13.2. The van der Waals surface area contributed by atoms with E-state index in [4.69, 9.17) is 26.8 Å². The molecule has 0 unspecified atom stereocenters. The second-order valence-corrected chi connectivity index (χ2v) is 8.70. The standard InChI is InChI=1S/C21H34ClN3O3/c1-5-16-12-19(18(23)13-17(16)22)24-8-11-27-14-15-6-9-25(10-7-15)20(26)28-21(2,3)4/h12-13,15,24H,5-11,14,23H2,1-4H3. The zero-order chi connectivity index (χ0) is 20.7. The zero-order valence-corrected chi connectivity index (χ0v) is 18.3. The Morgan fingerprint density at radius 2 is 2.00 bits per heavy atom. The molecule has 1 amide bonds. The highest BCUT2D eigenvalue weighted by Crippen LogP contribution is 2.27. The summed E-state index contributed by atoms with van der Waals surface area (Å²) in [6, 6.07) is 3.80. The summed E-state index contributed by atoms with van der Waals surface area (Å²) in [4.78, 5) is 13.9. The summed E-state index contributed by atoms with van der Waals surface area (Å²) in [5.41, 5.74) is 8.20. The van der Waals surface area contributed by atoms with Crippen LogP contribution in [0.4, 0.5) is 16.2 Å². The zero-order valence-electron chi connectivity index (χ0n) is 17.5. The van der Waals surface area contributed by atoms with Crippen molar-refractivity contribution in [3.05, 3.63) is 22.7 Å². The van der Waals surface area contributed by atoms with E-state index in [-0.39, 0.29) is 6.09 Å². The van der Waals surface area contributed by atoms with E-state index >= 15 is 0 Å². The molecule has 1 saturated heterocycles. The second kappa shape index (κ2) is 10.2. The van der Waals surface area contributed by atoms with Crippen LogP contribution in [0.25, 0.3) is 0 Å². The normalized spacial score (nSPS) is 15.5. The van der Waals surface area contributed by atoms with E-state index in [0.717, 1.165) is 43.6 Å². The van der Waals surface area contributed by atoms with Crippen molar-refractivity contribution in [3.8, 4) is 0 Å². The molecule has 0 aromatic heterocycles. The Morgan fingerprint density at radius 3 is 2.61 bits per heavy atom. The molecule has 28 heavy (non-hydrogen) atoms. The van der Waals surface area contributed by atoms with E-state index in [2.05, 4.69) is 12.2 Å². The summed E-state index contributed by atoms with van der Waals surface area (Å²) in [5, 5.41) is 4.03. The molecular formula is C21H34ClN3O3. The Hall–Kier alpha value is -1.66. The van der Waals surface area contributed by atoms with Gasteiger partial charge in [-0.1, -0.05) is 18.5 Å². The maximum atomic E-state index is 12.1. The lowest BCUT2D eigenvalue weighted by Crippen LogP contribution is -2.42. The van der Waals surface area contributed by atoms with Crippen LogP contribution in [0.1, 0.15) is 46.1 Å². The quantitative estimate of drug-likeness (QED) is 0.508. The summed E-state index contributed by atoms with van der Waals surface area (Å²) in [7, 11) is 0. The summed E-state index contributed by atoms with van der Waals surface area (Å²) in [6.45, 7) is 11.2. The number of anilines is 2. The molecule has 7 heteroatoms. The number of ether oxygens (including phenoxy) is 2. The number of piperidine rings is 1. The molecule has 6 nitrogen and oxygen atoms in total. The molecule has 0 atom stereocenters. The average molecular weight is 412 g/mol. The van der Waals surface area contributed by atoms with Gasteiger partial charge in [-0.25, -0.2) is 4.79 Å². The number of nitrogen functional groups attached to an aromatic ring is 1. The van der Waals surface area contributed by atoms with E-state index in [9.17, 15) is 4.79 Å². The highest BCUT2D eigenvalue weighted by Gasteiger charge is 2.26. The average Bonchev–Trinajstić information content (AvgIpc) is 2.62. The van der Waals surface area contributed by atoms with Crippen LogP contribution in [0, 0.1) is 5.92 Å². The van der Waals surface area contributed by atoms with Gasteiger partial charge in [0.2, 0.25) is 0 Å². The maximum absolute atomic E-state index is 12.1. The van der Waals surface area contributed by atoms with Gasteiger partial charge in [0.05, 0.1) is 18.0 Å². The van der Waals surface area contributed by atoms with Crippen LogP contribution in [0.15, 0.2) is 12.1 Å². The van der Waals surface area contributed by atoms with Crippen LogP contribution in [-0.2, 0) is 15.9 Å². The molecule has 1 fully saturated rings. The number of likely N-dealkylation sites (tertiary alicyclic amines) is 1. The van der Waals surface area contributed by atoms with E-state index in [0.29, 0.717) is 36.4 Å². The highest BCUT2D eigenvalue weighted by molar-refractivity contribution is 6.31. The van der Waals surface area contributed by atoms with E-state index in [1.807, 2.05) is 26.8 Å². The van der Waals surface area contributed by atoms with Gasteiger partial charge in [0.1, 0.15) is 5.60 Å². The molecule has 158 valence electrons. The number of aryl methyl sites for hydroxylation is 1. The lowest BCUT2D eigenvalue weighted by molar-refractivity contribution is 0.0123. The van der Waals surface area contributed by atoms with E-state index in [1.165, 1.54) is 0 Å². The number of hydrogen-bond acceptors (Lipinski definition) is 5. The molecular weight excluding hydrogens is 378 g/mol. The molecule has 1 aliphatic heterocycles. The van der Waals surface area contributed by atoms with Crippen molar-refractivity contribution in [3.63, 3.8) is 0 Å². The number of nitrogens with two attached hydrogens (primary N) is 1. The van der Waals surface area contributed by atoms with Crippen LogP contribution in [0.5, 0.6) is 0 Å². The number of nitrogens with one attached hydrogen (secondary N) is 1. The number of benzene rings is 1. The molecule has 0 bridgehead atoms. The SMILES string of the molecule is CCc1cc(NCCOCC2CCN(C(=O)OC(C)(C)C)CC2)c(N)cc1Cl. The number of halogens is 1. The number of amides is 1. The molecule has 1 aromatic carbocycles. The monoisotopic (exact) mass is 411 g/mol. The van der Waals surface area contributed by atoms with Crippen LogP contribution in [0.3, 0.4) is 0 Å². The van der Waals surface area contributed by atoms with Gasteiger partial charge >= 0.3 is 6.09 Å². The fourth-order valence-corrected chi connectivity index (χ4v) is 3.48. The summed E-state index contributed by atoms with van der Waals surface area (Å²) < 4.78 is 11.3. The smallest absolute Gasteiger partial charge is 0.410 e. The predicted octanol–water partition coefficient (Wildman–Crippen LogP) is 4.56. The fourth-order valence-electron chi connectivity index (χ4n) is 3.17. The Morgan fingerprint density at radius 1 is 1.32 bits per heavy atom. The van der Waals surface area contributed by atoms with Gasteiger partial charge in [0, 0.05) is 31.3 Å². The van der Waals surface area contributed by atoms with Crippen LogP contribution in [-0.4, -0.2) is 49.4 Å². The molecule has 1 aliphatic rings. The van der Waals surface area contributed by atoms with E-state index in [1.54, 1.807) is 11.0 Å². The van der Waals surface area contributed by atoms with Gasteiger partial charge in [0.15, 0.2) is 0 Å². The topological polar surface area (TPSA) is 76.8 Å². The van der Waals surface area contributed by atoms with Crippen molar-refractivity contribution < 1.29 is 14.3 Å². The van der Waals surface area contributed by atoms with Crippen molar-refractivity contribution in [1.29, 1.82) is 0 Å². The van der Waals surface area contributed by atoms with E-state index < -0.39 is 5.60 Å². The Kier molecular flexibility index (Phi) is 8.25. The minimum Gasteiger partial charge on any atom is -0.444 e. The van der Waals surface area contributed by atoms with Gasteiger partial charge in [-0.2, -0.15) is 0 Å². The van der Waals surface area contributed by atoms with Crippen LogP contribution < -0.4 is 11.1 Å². The lowest BCUT2D eigenvalue weighted by atomic mass is 9.98. The van der Waals surface area contributed by atoms with Gasteiger partial charge in [-0.05, 0) is 63.6 Å².